The maximum absolute atomic E-state index is 13.2. The Kier molecular flexibility index (Phi) is 7.27. The molecule has 1 aliphatic carbocycles. The molecule has 3 aromatic carbocycles. The van der Waals surface area contributed by atoms with Gasteiger partial charge in [-0.15, -0.1) is 5.10 Å². The average Bonchev–Trinajstić information content (AvgIpc) is 3.30. The second-order valence-corrected chi connectivity index (χ2v) is 11.4. The fourth-order valence-corrected chi connectivity index (χ4v) is 5.23. The molecule has 1 heterocycles. The SMILES string of the molecule is CN(C(=O)OC(C)(C)C)[C@H]1CC[C@@H](c2ccc(Cl)c(Cl)c2)c2cc(C(=O)On3nnc4ccccc43)ccc21. The van der Waals surface area contributed by atoms with Gasteiger partial charge in [0.15, 0.2) is 0 Å². The van der Waals surface area contributed by atoms with Crippen LogP contribution in [-0.2, 0) is 4.74 Å². The molecule has 8 nitrogen and oxygen atoms in total. The molecule has 4 aromatic rings. The summed E-state index contributed by atoms with van der Waals surface area (Å²) in [5.74, 6) is -0.651. The third-order valence-electron chi connectivity index (χ3n) is 6.77. The number of hydrogen-bond donors (Lipinski definition) is 0. The summed E-state index contributed by atoms with van der Waals surface area (Å²) in [6, 6.07) is 17.9. The smallest absolute Gasteiger partial charge is 0.410 e. The highest BCUT2D eigenvalue weighted by Gasteiger charge is 2.35. The van der Waals surface area contributed by atoms with E-state index < -0.39 is 17.7 Å². The van der Waals surface area contributed by atoms with E-state index in [9.17, 15) is 9.59 Å². The molecule has 0 saturated carbocycles. The number of aromatic nitrogens is 3. The van der Waals surface area contributed by atoms with Gasteiger partial charge in [-0.1, -0.05) is 52.3 Å². The summed E-state index contributed by atoms with van der Waals surface area (Å²) in [6.07, 6.45) is 1.00. The quantitative estimate of drug-likeness (QED) is 0.251. The van der Waals surface area contributed by atoms with Crippen LogP contribution in [0.15, 0.2) is 60.7 Å². The van der Waals surface area contributed by atoms with Crippen LogP contribution in [0.4, 0.5) is 4.79 Å². The number of nitrogens with zero attached hydrogens (tertiary/aromatic N) is 4. The molecule has 2 atom stereocenters. The molecule has 10 heteroatoms. The van der Waals surface area contributed by atoms with Crippen molar-refractivity contribution < 1.29 is 19.2 Å². The predicted molar refractivity (Wildman–Crippen MR) is 149 cm³/mol. The zero-order chi connectivity index (χ0) is 27.9. The first-order valence-corrected chi connectivity index (χ1v) is 13.3. The zero-order valence-corrected chi connectivity index (χ0v) is 23.5. The highest BCUT2D eigenvalue weighted by Crippen LogP contribution is 2.45. The maximum atomic E-state index is 13.2. The molecule has 1 aromatic heterocycles. The standard InChI is InChI=1S/C29H28Cl2N4O4/c1-29(2,3)38-28(37)34(4)25-14-12-19(17-10-13-22(30)23(31)16-17)21-15-18(9-11-20(21)25)27(36)39-35-26-8-6-5-7-24(26)32-33-35/h5-11,13,15-16,19,25H,12,14H2,1-4H3/t19-,25-/m0/s1. The number of ether oxygens (including phenoxy) is 1. The highest BCUT2D eigenvalue weighted by molar-refractivity contribution is 6.42. The summed E-state index contributed by atoms with van der Waals surface area (Å²) < 4.78 is 5.63. The monoisotopic (exact) mass is 566 g/mol. The Morgan fingerprint density at radius 2 is 1.74 bits per heavy atom. The molecule has 0 aliphatic heterocycles. The molecule has 0 radical (unpaired) electrons. The summed E-state index contributed by atoms with van der Waals surface area (Å²) >= 11 is 12.5. The fraction of sp³-hybridized carbons (Fsp3) is 0.310. The third-order valence-corrected chi connectivity index (χ3v) is 7.51. The lowest BCUT2D eigenvalue weighted by Gasteiger charge is -2.37. The van der Waals surface area contributed by atoms with Crippen molar-refractivity contribution in [2.45, 2.75) is 51.2 Å². The van der Waals surface area contributed by atoms with Crippen LogP contribution < -0.4 is 4.84 Å². The van der Waals surface area contributed by atoms with Gasteiger partial charge in [-0.25, -0.2) is 9.59 Å². The molecule has 202 valence electrons. The van der Waals surface area contributed by atoms with Crippen LogP contribution in [0.1, 0.15) is 72.6 Å². The van der Waals surface area contributed by atoms with E-state index in [-0.39, 0.29) is 12.0 Å². The van der Waals surface area contributed by atoms with E-state index in [0.717, 1.165) is 28.0 Å². The summed E-state index contributed by atoms with van der Waals surface area (Å²) in [4.78, 5) is 34.5. The van der Waals surface area contributed by atoms with Crippen molar-refractivity contribution in [3.8, 4) is 0 Å². The van der Waals surface area contributed by atoms with Gasteiger partial charge in [-0.05, 0) is 91.9 Å². The van der Waals surface area contributed by atoms with Crippen molar-refractivity contribution in [1.82, 2.24) is 20.1 Å². The van der Waals surface area contributed by atoms with Gasteiger partial charge in [-0.2, -0.15) is 0 Å². The number of benzene rings is 3. The second kappa shape index (κ2) is 10.5. The zero-order valence-electron chi connectivity index (χ0n) is 22.0. The minimum absolute atomic E-state index is 0.0713. The van der Waals surface area contributed by atoms with Gasteiger partial charge in [0.1, 0.15) is 16.6 Å². The number of carbonyl (C=O) groups is 2. The van der Waals surface area contributed by atoms with Crippen molar-refractivity contribution in [3.63, 3.8) is 0 Å². The number of para-hydroxylation sites is 1. The van der Waals surface area contributed by atoms with E-state index in [2.05, 4.69) is 10.3 Å². The van der Waals surface area contributed by atoms with Crippen LogP contribution in [0.3, 0.4) is 0 Å². The summed E-state index contributed by atoms with van der Waals surface area (Å²) in [7, 11) is 1.74. The van der Waals surface area contributed by atoms with Crippen molar-refractivity contribution in [2.24, 2.45) is 0 Å². The molecular weight excluding hydrogens is 539 g/mol. The van der Waals surface area contributed by atoms with Crippen molar-refractivity contribution in [2.75, 3.05) is 7.05 Å². The topological polar surface area (TPSA) is 86.5 Å². The van der Waals surface area contributed by atoms with E-state index in [1.807, 2.05) is 57.2 Å². The Hall–Kier alpha value is -3.62. The van der Waals surface area contributed by atoms with Crippen molar-refractivity contribution >= 4 is 46.3 Å². The molecule has 0 bridgehead atoms. The Bertz CT molecular complexity index is 1560. The Morgan fingerprint density at radius 1 is 0.974 bits per heavy atom. The van der Waals surface area contributed by atoms with E-state index in [4.69, 9.17) is 32.8 Å². The lowest BCUT2D eigenvalue weighted by molar-refractivity contribution is 0.0201. The number of carbonyl (C=O) groups excluding carboxylic acids is 2. The van der Waals surface area contributed by atoms with Gasteiger partial charge in [0.25, 0.3) is 0 Å². The first kappa shape index (κ1) is 27.0. The number of halogens is 2. The number of rotatable bonds is 4. The summed E-state index contributed by atoms with van der Waals surface area (Å²) in [5.41, 5.74) is 3.71. The molecule has 0 spiro atoms. The Balaban J connectivity index is 1.52. The van der Waals surface area contributed by atoms with Crippen LogP contribution in [0.2, 0.25) is 10.0 Å². The van der Waals surface area contributed by atoms with E-state index in [0.29, 0.717) is 33.1 Å². The normalized spacial score (nSPS) is 17.0. The van der Waals surface area contributed by atoms with Gasteiger partial charge < -0.3 is 14.5 Å². The molecular formula is C29H28Cl2N4O4. The molecule has 5 rings (SSSR count). The van der Waals surface area contributed by atoms with Crippen LogP contribution in [0.25, 0.3) is 11.0 Å². The minimum Gasteiger partial charge on any atom is -0.444 e. The molecule has 39 heavy (non-hydrogen) atoms. The maximum Gasteiger partial charge on any atom is 0.410 e. The van der Waals surface area contributed by atoms with Crippen LogP contribution >= 0.6 is 23.2 Å². The van der Waals surface area contributed by atoms with Crippen LogP contribution in [-0.4, -0.2) is 44.8 Å². The largest absolute Gasteiger partial charge is 0.444 e. The third kappa shape index (κ3) is 5.58. The van der Waals surface area contributed by atoms with Crippen molar-refractivity contribution in [1.29, 1.82) is 0 Å². The predicted octanol–water partition coefficient (Wildman–Crippen LogP) is 6.84. The summed E-state index contributed by atoms with van der Waals surface area (Å²) in [5, 5.41) is 8.91. The molecule has 1 aliphatic rings. The first-order valence-electron chi connectivity index (χ1n) is 12.6. The molecule has 0 fully saturated rings. The molecule has 0 saturated heterocycles. The van der Waals surface area contributed by atoms with E-state index in [1.54, 1.807) is 36.2 Å². The number of amides is 1. The average molecular weight is 567 g/mol. The number of fused-ring (bicyclic) bond motifs is 2. The van der Waals surface area contributed by atoms with E-state index in [1.165, 1.54) is 0 Å². The molecule has 0 N–H and O–H groups in total. The van der Waals surface area contributed by atoms with Gasteiger partial charge in [0.05, 0.1) is 21.7 Å². The fourth-order valence-electron chi connectivity index (χ4n) is 4.93. The minimum atomic E-state index is -0.620. The van der Waals surface area contributed by atoms with E-state index >= 15 is 0 Å². The molecule has 0 unspecified atom stereocenters. The highest BCUT2D eigenvalue weighted by atomic mass is 35.5. The van der Waals surface area contributed by atoms with Crippen molar-refractivity contribution in [3.05, 3.63) is 93.0 Å². The first-order chi connectivity index (χ1) is 18.5. The van der Waals surface area contributed by atoms with Gasteiger partial charge in [0, 0.05) is 13.0 Å². The van der Waals surface area contributed by atoms with Gasteiger partial charge >= 0.3 is 12.1 Å². The summed E-state index contributed by atoms with van der Waals surface area (Å²) in [6.45, 7) is 5.51. The lowest BCUT2D eigenvalue weighted by Crippen LogP contribution is -2.38. The molecule has 1 amide bonds. The number of hydrogen-bond acceptors (Lipinski definition) is 6. The Morgan fingerprint density at radius 3 is 2.49 bits per heavy atom. The lowest BCUT2D eigenvalue weighted by atomic mass is 9.76. The second-order valence-electron chi connectivity index (χ2n) is 10.6. The van der Waals surface area contributed by atoms with Crippen LogP contribution in [0, 0.1) is 0 Å². The van der Waals surface area contributed by atoms with Gasteiger partial charge in [-0.3, -0.25) is 0 Å². The Labute approximate surface area is 236 Å². The van der Waals surface area contributed by atoms with Crippen LogP contribution in [0.5, 0.6) is 0 Å². The van der Waals surface area contributed by atoms with Gasteiger partial charge in [0.2, 0.25) is 0 Å².